The molecular weight excluding hydrogens is 404 g/mol. The summed E-state index contributed by atoms with van der Waals surface area (Å²) in [5.74, 6) is 0.155. The van der Waals surface area contributed by atoms with Crippen LogP contribution < -0.4 is 4.74 Å². The van der Waals surface area contributed by atoms with Crippen LogP contribution in [0.5, 0.6) is 5.75 Å². The molecule has 0 bridgehead atoms. The van der Waals surface area contributed by atoms with E-state index in [0.29, 0.717) is 18.3 Å². The van der Waals surface area contributed by atoms with Gasteiger partial charge in [-0.1, -0.05) is 43.1 Å². The van der Waals surface area contributed by atoms with E-state index in [2.05, 4.69) is 29.2 Å². The maximum absolute atomic E-state index is 10.8. The van der Waals surface area contributed by atoms with E-state index in [-0.39, 0.29) is 6.61 Å². The zero-order chi connectivity index (χ0) is 22.6. The molecule has 3 rings (SSSR count). The number of unbranched alkanes of at least 4 members (excludes halogenated alkanes) is 2. The van der Waals surface area contributed by atoms with Crippen molar-refractivity contribution in [2.24, 2.45) is 11.1 Å². The lowest BCUT2D eigenvalue weighted by atomic mass is 9.83. The first kappa shape index (κ1) is 23.5. The predicted molar refractivity (Wildman–Crippen MR) is 125 cm³/mol. The Morgan fingerprint density at radius 3 is 2.97 bits per heavy atom. The summed E-state index contributed by atoms with van der Waals surface area (Å²) in [4.78, 5) is 20.6. The number of carboxylic acids is 1. The monoisotopic (exact) mass is 436 g/mol. The van der Waals surface area contributed by atoms with Gasteiger partial charge in [0.15, 0.2) is 6.61 Å². The molecule has 2 aromatic rings. The molecule has 0 amide bonds. The molecule has 0 radical (unpaired) electrons. The Morgan fingerprint density at radius 2 is 2.19 bits per heavy atom. The average Bonchev–Trinajstić information content (AvgIpc) is 2.81. The molecule has 1 unspecified atom stereocenters. The quantitative estimate of drug-likeness (QED) is 0.214. The van der Waals surface area contributed by atoms with Crippen LogP contribution in [0.3, 0.4) is 0 Å². The Labute approximate surface area is 190 Å². The van der Waals surface area contributed by atoms with Crippen molar-refractivity contribution < 1.29 is 19.5 Å². The van der Waals surface area contributed by atoms with E-state index < -0.39 is 5.97 Å². The fourth-order valence-electron chi connectivity index (χ4n) is 3.96. The Hall–Kier alpha value is -3.15. The van der Waals surface area contributed by atoms with Crippen molar-refractivity contribution in [2.45, 2.75) is 51.9 Å². The number of pyridine rings is 1. The van der Waals surface area contributed by atoms with Gasteiger partial charge in [-0.25, -0.2) is 4.79 Å². The first-order valence-electron chi connectivity index (χ1n) is 11.4. The Bertz CT molecular complexity index is 925. The van der Waals surface area contributed by atoms with Crippen LogP contribution in [-0.2, 0) is 22.5 Å². The molecule has 1 aliphatic carbocycles. The Kier molecular flexibility index (Phi) is 9.29. The standard InChI is InChI=1S/C26H32N2O4/c1-2-3-4-11-24(22-10-6-15-27-18-22)28-32-16-7-8-20-13-14-23-21(17-20)9-5-12-25(23)31-19-26(29)30/h5-10,12,15,18,20H,2-4,11,13-14,16-17,19H2,1H3,(H,29,30)/b8-7+,28-24-. The van der Waals surface area contributed by atoms with Crippen molar-refractivity contribution in [3.63, 3.8) is 0 Å². The lowest BCUT2D eigenvalue weighted by Gasteiger charge is -2.24. The fourth-order valence-corrected chi connectivity index (χ4v) is 3.96. The average molecular weight is 437 g/mol. The molecule has 0 saturated carbocycles. The van der Waals surface area contributed by atoms with Gasteiger partial charge >= 0.3 is 5.97 Å². The van der Waals surface area contributed by atoms with E-state index in [1.807, 2.05) is 36.5 Å². The highest BCUT2D eigenvalue weighted by Gasteiger charge is 2.20. The summed E-state index contributed by atoms with van der Waals surface area (Å²) in [6, 6.07) is 9.82. The molecule has 1 N–H and O–H groups in total. The molecular formula is C26H32N2O4. The van der Waals surface area contributed by atoms with E-state index in [4.69, 9.17) is 14.7 Å². The highest BCUT2D eigenvalue weighted by molar-refractivity contribution is 5.99. The summed E-state index contributed by atoms with van der Waals surface area (Å²) in [5.41, 5.74) is 4.31. The second kappa shape index (κ2) is 12.6. The van der Waals surface area contributed by atoms with E-state index in [0.717, 1.165) is 48.9 Å². The van der Waals surface area contributed by atoms with Crippen LogP contribution in [0.15, 0.2) is 60.0 Å². The summed E-state index contributed by atoms with van der Waals surface area (Å²) in [7, 11) is 0. The lowest BCUT2D eigenvalue weighted by Crippen LogP contribution is -2.16. The second-order valence-electron chi connectivity index (χ2n) is 8.04. The zero-order valence-corrected chi connectivity index (χ0v) is 18.7. The molecule has 0 saturated heterocycles. The number of rotatable bonds is 12. The molecule has 0 spiro atoms. The van der Waals surface area contributed by atoms with Crippen molar-refractivity contribution in [2.75, 3.05) is 13.2 Å². The van der Waals surface area contributed by atoms with Crippen LogP contribution in [-0.4, -0.2) is 35.0 Å². The van der Waals surface area contributed by atoms with E-state index in [9.17, 15) is 4.79 Å². The third-order valence-corrected chi connectivity index (χ3v) is 5.59. The van der Waals surface area contributed by atoms with Crippen molar-refractivity contribution in [3.8, 4) is 5.75 Å². The van der Waals surface area contributed by atoms with Crippen LogP contribution in [0.2, 0.25) is 0 Å². The second-order valence-corrected chi connectivity index (χ2v) is 8.04. The number of aliphatic carboxylic acids is 1. The topological polar surface area (TPSA) is 81.0 Å². The third kappa shape index (κ3) is 7.22. The summed E-state index contributed by atoms with van der Waals surface area (Å²) >= 11 is 0. The summed E-state index contributed by atoms with van der Waals surface area (Å²) in [6.07, 6.45) is 14.9. The molecule has 170 valence electrons. The Balaban J connectivity index is 1.53. The van der Waals surface area contributed by atoms with Crippen molar-refractivity contribution in [1.29, 1.82) is 0 Å². The lowest BCUT2D eigenvalue weighted by molar-refractivity contribution is -0.139. The van der Waals surface area contributed by atoms with E-state index in [1.165, 1.54) is 18.4 Å². The number of fused-ring (bicyclic) bond motifs is 1. The number of oxime groups is 1. The molecule has 1 aromatic heterocycles. The fraction of sp³-hybridized carbons (Fsp3) is 0.423. The van der Waals surface area contributed by atoms with Gasteiger partial charge in [-0.3, -0.25) is 4.98 Å². The molecule has 6 heteroatoms. The van der Waals surface area contributed by atoms with Crippen LogP contribution >= 0.6 is 0 Å². The first-order valence-corrected chi connectivity index (χ1v) is 11.4. The number of aromatic nitrogens is 1. The number of ether oxygens (including phenoxy) is 1. The molecule has 1 aliphatic rings. The van der Waals surface area contributed by atoms with Crippen LogP contribution in [0, 0.1) is 5.92 Å². The number of carboxylic acid groups (broad SMARTS) is 1. The summed E-state index contributed by atoms with van der Waals surface area (Å²) in [5, 5.41) is 13.2. The maximum atomic E-state index is 10.8. The van der Waals surface area contributed by atoms with Crippen molar-refractivity contribution in [1.82, 2.24) is 4.98 Å². The molecule has 1 aromatic carbocycles. The van der Waals surface area contributed by atoms with Crippen molar-refractivity contribution in [3.05, 3.63) is 71.6 Å². The van der Waals surface area contributed by atoms with Crippen LogP contribution in [0.1, 0.15) is 55.7 Å². The summed E-state index contributed by atoms with van der Waals surface area (Å²) < 4.78 is 5.45. The number of hydrogen-bond acceptors (Lipinski definition) is 5. The predicted octanol–water partition coefficient (Wildman–Crippen LogP) is 5.21. The highest BCUT2D eigenvalue weighted by atomic mass is 16.6. The zero-order valence-electron chi connectivity index (χ0n) is 18.7. The number of hydrogen-bond donors (Lipinski definition) is 1. The number of nitrogens with zero attached hydrogens (tertiary/aromatic N) is 2. The van der Waals surface area contributed by atoms with Crippen LogP contribution in [0.25, 0.3) is 0 Å². The molecule has 1 atom stereocenters. The van der Waals surface area contributed by atoms with Gasteiger partial charge in [0.2, 0.25) is 0 Å². The smallest absolute Gasteiger partial charge is 0.341 e. The SMILES string of the molecule is CCCCC/C(=N/OC/C=C/C1CCc2c(cccc2OCC(=O)O)C1)c1cccnc1. The largest absolute Gasteiger partial charge is 0.482 e. The normalized spacial score (nSPS) is 16.0. The van der Waals surface area contributed by atoms with E-state index in [1.54, 1.807) is 6.20 Å². The maximum Gasteiger partial charge on any atom is 0.341 e. The van der Waals surface area contributed by atoms with Gasteiger partial charge in [0.1, 0.15) is 12.4 Å². The van der Waals surface area contributed by atoms with Gasteiger partial charge in [-0.15, -0.1) is 0 Å². The van der Waals surface area contributed by atoms with Crippen LogP contribution in [0.4, 0.5) is 0 Å². The Morgan fingerprint density at radius 1 is 1.28 bits per heavy atom. The van der Waals surface area contributed by atoms with Gasteiger partial charge in [0.25, 0.3) is 0 Å². The molecule has 6 nitrogen and oxygen atoms in total. The van der Waals surface area contributed by atoms with Gasteiger partial charge < -0.3 is 14.7 Å². The van der Waals surface area contributed by atoms with Gasteiger partial charge in [0.05, 0.1) is 5.71 Å². The minimum absolute atomic E-state index is 0.308. The van der Waals surface area contributed by atoms with Gasteiger partial charge in [-0.2, -0.15) is 0 Å². The first-order chi connectivity index (χ1) is 15.7. The van der Waals surface area contributed by atoms with Gasteiger partial charge in [-0.05, 0) is 73.4 Å². The molecule has 1 heterocycles. The van der Waals surface area contributed by atoms with Gasteiger partial charge in [0, 0.05) is 18.0 Å². The molecule has 0 aliphatic heterocycles. The molecule has 32 heavy (non-hydrogen) atoms. The van der Waals surface area contributed by atoms with E-state index >= 15 is 0 Å². The molecule has 0 fully saturated rings. The number of allylic oxidation sites excluding steroid dienone is 1. The minimum atomic E-state index is -0.959. The third-order valence-electron chi connectivity index (χ3n) is 5.59. The number of carbonyl (C=O) groups is 1. The summed E-state index contributed by atoms with van der Waals surface area (Å²) in [6.45, 7) is 2.31. The van der Waals surface area contributed by atoms with Crippen molar-refractivity contribution >= 4 is 11.7 Å². The highest BCUT2D eigenvalue weighted by Crippen LogP contribution is 2.32. The number of benzene rings is 1. The minimum Gasteiger partial charge on any atom is -0.482 e.